The molecule has 0 bridgehead atoms. The molecule has 4 heteroatoms. The van der Waals surface area contributed by atoms with Crippen LogP contribution in [0.4, 0.5) is 0 Å². The molecule has 0 saturated carbocycles. The minimum Gasteiger partial charge on any atom is -0.507 e. The van der Waals surface area contributed by atoms with Crippen LogP contribution in [0.25, 0.3) is 20.8 Å². The Morgan fingerprint density at radius 3 is 2.73 bits per heavy atom. The molecule has 1 N–H and O–H groups in total. The summed E-state index contributed by atoms with van der Waals surface area (Å²) in [5, 5.41) is 10.9. The molecule has 2 heterocycles. The van der Waals surface area contributed by atoms with Crippen LogP contribution in [0.3, 0.4) is 0 Å². The molecule has 2 aromatic carbocycles. The fourth-order valence-electron chi connectivity index (χ4n) is 3.04. The van der Waals surface area contributed by atoms with Gasteiger partial charge >= 0.3 is 0 Å². The van der Waals surface area contributed by atoms with Gasteiger partial charge in [-0.05, 0) is 55.8 Å². The third-order valence-corrected chi connectivity index (χ3v) is 5.26. The average Bonchev–Trinajstić information content (AvgIpc) is 3.16. The third kappa shape index (κ3) is 2.60. The van der Waals surface area contributed by atoms with Crippen molar-refractivity contribution in [3.8, 4) is 16.3 Å². The molecule has 1 saturated heterocycles. The number of hydrogen-bond donors (Lipinski definition) is 1. The maximum atomic E-state index is 9.99. The number of benzene rings is 2. The zero-order valence-corrected chi connectivity index (χ0v) is 13.1. The van der Waals surface area contributed by atoms with E-state index in [1.165, 1.54) is 36.2 Å². The van der Waals surface area contributed by atoms with Crippen LogP contribution in [-0.2, 0) is 6.54 Å². The predicted molar refractivity (Wildman–Crippen MR) is 91.2 cm³/mol. The summed E-state index contributed by atoms with van der Waals surface area (Å²) < 4.78 is 1.17. The molecule has 0 atom stereocenters. The fourth-order valence-corrected chi connectivity index (χ4v) is 4.02. The van der Waals surface area contributed by atoms with Crippen LogP contribution >= 0.6 is 11.3 Å². The SMILES string of the molecule is Oc1ccccc1-c1nc2cc(CN3CCCC3)ccc2s1. The summed E-state index contributed by atoms with van der Waals surface area (Å²) in [5.74, 6) is 0.291. The number of para-hydroxylation sites is 1. The Bertz CT molecular complexity index is 806. The van der Waals surface area contributed by atoms with Crippen LogP contribution < -0.4 is 0 Å². The molecule has 1 aromatic heterocycles. The number of nitrogens with zero attached hydrogens (tertiary/aromatic N) is 2. The topological polar surface area (TPSA) is 36.4 Å². The van der Waals surface area contributed by atoms with E-state index in [1.807, 2.05) is 18.2 Å². The number of phenolic OH excluding ortho intramolecular Hbond substituents is 1. The Hall–Kier alpha value is -1.91. The summed E-state index contributed by atoms with van der Waals surface area (Å²) in [6, 6.07) is 13.9. The largest absolute Gasteiger partial charge is 0.507 e. The summed E-state index contributed by atoms with van der Waals surface area (Å²) in [7, 11) is 0. The summed E-state index contributed by atoms with van der Waals surface area (Å²) >= 11 is 1.63. The Kier molecular flexibility index (Phi) is 3.56. The molecule has 3 nitrogen and oxygen atoms in total. The maximum absolute atomic E-state index is 9.99. The number of aromatic hydroxyl groups is 1. The van der Waals surface area contributed by atoms with Crippen molar-refractivity contribution < 1.29 is 5.11 Å². The summed E-state index contributed by atoms with van der Waals surface area (Å²) in [6.45, 7) is 3.43. The maximum Gasteiger partial charge on any atom is 0.128 e. The molecule has 0 amide bonds. The van der Waals surface area contributed by atoms with Gasteiger partial charge in [-0.3, -0.25) is 4.90 Å². The average molecular weight is 310 g/mol. The molecule has 4 rings (SSSR count). The van der Waals surface area contributed by atoms with Gasteiger partial charge in [0.2, 0.25) is 0 Å². The van der Waals surface area contributed by atoms with Crippen molar-refractivity contribution in [1.82, 2.24) is 9.88 Å². The van der Waals surface area contributed by atoms with Crippen molar-refractivity contribution in [2.45, 2.75) is 19.4 Å². The lowest BCUT2D eigenvalue weighted by atomic mass is 10.2. The molecule has 112 valence electrons. The van der Waals surface area contributed by atoms with Gasteiger partial charge in [0.15, 0.2) is 0 Å². The van der Waals surface area contributed by atoms with Crippen LogP contribution in [0.2, 0.25) is 0 Å². The number of aromatic nitrogens is 1. The van der Waals surface area contributed by atoms with Crippen molar-refractivity contribution in [2.75, 3.05) is 13.1 Å². The van der Waals surface area contributed by atoms with Crippen molar-refractivity contribution in [1.29, 1.82) is 0 Å². The monoisotopic (exact) mass is 310 g/mol. The number of likely N-dealkylation sites (tertiary alicyclic amines) is 1. The Morgan fingerprint density at radius 2 is 1.91 bits per heavy atom. The van der Waals surface area contributed by atoms with Crippen LogP contribution in [0, 0.1) is 0 Å². The van der Waals surface area contributed by atoms with Gasteiger partial charge in [-0.2, -0.15) is 0 Å². The van der Waals surface area contributed by atoms with Crippen LogP contribution in [-0.4, -0.2) is 28.1 Å². The second-order valence-electron chi connectivity index (χ2n) is 5.82. The summed E-state index contributed by atoms with van der Waals surface area (Å²) in [4.78, 5) is 7.22. The smallest absolute Gasteiger partial charge is 0.128 e. The molecular weight excluding hydrogens is 292 g/mol. The number of hydrogen-bond acceptors (Lipinski definition) is 4. The van der Waals surface area contributed by atoms with Gasteiger partial charge in [0.1, 0.15) is 10.8 Å². The van der Waals surface area contributed by atoms with E-state index in [0.29, 0.717) is 5.75 Å². The van der Waals surface area contributed by atoms with Gasteiger partial charge in [0.05, 0.1) is 15.8 Å². The van der Waals surface area contributed by atoms with Crippen LogP contribution in [0.1, 0.15) is 18.4 Å². The van der Waals surface area contributed by atoms with E-state index in [-0.39, 0.29) is 0 Å². The first-order chi connectivity index (χ1) is 10.8. The molecule has 0 aliphatic carbocycles. The van der Waals surface area contributed by atoms with E-state index in [0.717, 1.165) is 22.6 Å². The quantitative estimate of drug-likeness (QED) is 0.785. The van der Waals surface area contributed by atoms with E-state index < -0.39 is 0 Å². The lowest BCUT2D eigenvalue weighted by Gasteiger charge is -2.14. The number of phenols is 1. The molecule has 3 aromatic rings. The zero-order chi connectivity index (χ0) is 14.9. The highest BCUT2D eigenvalue weighted by Crippen LogP contribution is 2.35. The minimum absolute atomic E-state index is 0.291. The van der Waals surface area contributed by atoms with Crippen molar-refractivity contribution in [3.05, 3.63) is 48.0 Å². The highest BCUT2D eigenvalue weighted by atomic mass is 32.1. The van der Waals surface area contributed by atoms with Gasteiger partial charge in [0, 0.05) is 6.54 Å². The Labute approximate surface area is 133 Å². The lowest BCUT2D eigenvalue weighted by Crippen LogP contribution is -2.18. The predicted octanol–water partition coefficient (Wildman–Crippen LogP) is 4.26. The minimum atomic E-state index is 0.291. The van der Waals surface area contributed by atoms with E-state index in [1.54, 1.807) is 17.4 Å². The highest BCUT2D eigenvalue weighted by Gasteiger charge is 2.13. The molecule has 0 spiro atoms. The summed E-state index contributed by atoms with van der Waals surface area (Å²) in [5.41, 5.74) is 3.16. The van der Waals surface area contributed by atoms with Gasteiger partial charge in [0.25, 0.3) is 0 Å². The molecule has 22 heavy (non-hydrogen) atoms. The Morgan fingerprint density at radius 1 is 1.09 bits per heavy atom. The van der Waals surface area contributed by atoms with E-state index in [2.05, 4.69) is 23.1 Å². The number of rotatable bonds is 3. The Balaban J connectivity index is 1.67. The van der Waals surface area contributed by atoms with Crippen molar-refractivity contribution in [2.24, 2.45) is 0 Å². The molecular formula is C18H18N2OS. The third-order valence-electron chi connectivity index (χ3n) is 4.19. The molecule has 1 fully saturated rings. The standard InChI is InChI=1S/C18H18N2OS/c21-16-6-2-1-5-14(16)18-19-15-11-13(7-8-17(15)22-18)12-20-9-3-4-10-20/h1-2,5-8,11,21H,3-4,9-10,12H2. The van der Waals surface area contributed by atoms with Crippen LogP contribution in [0.5, 0.6) is 5.75 Å². The molecule has 0 radical (unpaired) electrons. The zero-order valence-electron chi connectivity index (χ0n) is 12.3. The lowest BCUT2D eigenvalue weighted by molar-refractivity contribution is 0.331. The second-order valence-corrected chi connectivity index (χ2v) is 6.85. The fraction of sp³-hybridized carbons (Fsp3) is 0.278. The summed E-state index contributed by atoms with van der Waals surface area (Å²) in [6.07, 6.45) is 2.63. The number of thiazole rings is 1. The van der Waals surface area contributed by atoms with Gasteiger partial charge in [-0.25, -0.2) is 4.98 Å². The van der Waals surface area contributed by atoms with E-state index in [4.69, 9.17) is 4.98 Å². The van der Waals surface area contributed by atoms with Crippen molar-refractivity contribution >= 4 is 21.6 Å². The van der Waals surface area contributed by atoms with Gasteiger partial charge < -0.3 is 5.11 Å². The van der Waals surface area contributed by atoms with Gasteiger partial charge in [-0.15, -0.1) is 11.3 Å². The second kappa shape index (κ2) is 5.71. The van der Waals surface area contributed by atoms with E-state index >= 15 is 0 Å². The first-order valence-electron chi connectivity index (χ1n) is 7.70. The normalized spacial score (nSPS) is 15.6. The highest BCUT2D eigenvalue weighted by molar-refractivity contribution is 7.21. The first-order valence-corrected chi connectivity index (χ1v) is 8.51. The molecule has 1 aliphatic rings. The van der Waals surface area contributed by atoms with Gasteiger partial charge in [-0.1, -0.05) is 18.2 Å². The van der Waals surface area contributed by atoms with E-state index in [9.17, 15) is 5.11 Å². The molecule has 0 unspecified atom stereocenters. The van der Waals surface area contributed by atoms with Crippen LogP contribution in [0.15, 0.2) is 42.5 Å². The molecule has 1 aliphatic heterocycles. The first kappa shape index (κ1) is 13.7. The van der Waals surface area contributed by atoms with Crippen molar-refractivity contribution in [3.63, 3.8) is 0 Å². The number of fused-ring (bicyclic) bond motifs is 1.